The molecule has 0 radical (unpaired) electrons. The maximum atomic E-state index is 2.46. The molecule has 0 aliphatic carbocycles. The molecule has 0 amide bonds. The van der Waals surface area contributed by atoms with Gasteiger partial charge in [-0.15, -0.1) is 0 Å². The van der Waals surface area contributed by atoms with Gasteiger partial charge < -0.3 is 0 Å². The first-order valence-electron chi connectivity index (χ1n) is 4.82. The van der Waals surface area contributed by atoms with Gasteiger partial charge in [-0.05, 0) is 0 Å². The van der Waals surface area contributed by atoms with Crippen molar-refractivity contribution in [1.29, 1.82) is 0 Å². The fourth-order valence-electron chi connectivity index (χ4n) is 1.14. The zero-order valence-corrected chi connectivity index (χ0v) is 13.3. The molecule has 0 nitrogen and oxygen atoms in total. The molecule has 0 aliphatic rings. The van der Waals surface area contributed by atoms with Gasteiger partial charge in [0, 0.05) is 0 Å². The van der Waals surface area contributed by atoms with Crippen molar-refractivity contribution in [2.75, 3.05) is 0 Å². The quantitative estimate of drug-likeness (QED) is 0.723. The third-order valence-corrected chi connectivity index (χ3v) is 15.6. The molecule has 0 fully saturated rings. The summed E-state index contributed by atoms with van der Waals surface area (Å²) in [5.74, 6) is 0. The number of rotatable bonds is 2. The van der Waals surface area contributed by atoms with Gasteiger partial charge in [-0.25, -0.2) is 0 Å². The van der Waals surface area contributed by atoms with E-state index in [-0.39, 0.29) is 0 Å². The van der Waals surface area contributed by atoms with E-state index < -0.39 is 16.1 Å². The summed E-state index contributed by atoms with van der Waals surface area (Å²) in [6, 6.07) is 4.86. The Morgan fingerprint density at radius 2 is 1.08 bits per heavy atom. The summed E-state index contributed by atoms with van der Waals surface area (Å²) in [6.45, 7) is 14.8. The Hall–Kier alpha value is 0.433. The van der Waals surface area contributed by atoms with Crippen molar-refractivity contribution in [2.24, 2.45) is 0 Å². The van der Waals surface area contributed by atoms with E-state index in [1.54, 1.807) is 8.12 Å². The molecule has 1 aromatic heterocycles. The number of hydrogen-bond donors (Lipinski definition) is 0. The second kappa shape index (κ2) is 3.54. The molecule has 0 aromatic carbocycles. The van der Waals surface area contributed by atoms with Crippen LogP contribution in [-0.2, 0) is 0 Å². The van der Waals surface area contributed by atoms with E-state index in [0.717, 1.165) is 14.5 Å². The zero-order chi connectivity index (χ0) is 10.3. The van der Waals surface area contributed by atoms with E-state index in [9.17, 15) is 0 Å². The van der Waals surface area contributed by atoms with Gasteiger partial charge in [0.25, 0.3) is 0 Å². The molecule has 0 saturated carbocycles. The molecule has 0 N–H and O–H groups in total. The van der Waals surface area contributed by atoms with Crippen molar-refractivity contribution in [2.45, 2.75) is 39.3 Å². The summed E-state index contributed by atoms with van der Waals surface area (Å²) in [5, 5.41) is 0. The van der Waals surface area contributed by atoms with Crippen LogP contribution in [0.2, 0.25) is 39.3 Å². The van der Waals surface area contributed by atoms with Crippen LogP contribution < -0.4 is 8.12 Å². The van der Waals surface area contributed by atoms with Crippen LogP contribution in [0.15, 0.2) is 12.1 Å². The van der Waals surface area contributed by atoms with Crippen LogP contribution in [0, 0.1) is 0 Å². The van der Waals surface area contributed by atoms with Crippen LogP contribution in [0.5, 0.6) is 0 Å². The standard InChI is InChI=1S/C10H20SeSi2/c1-12(2,3)9-7-8-10(11-9)13(4,5)6/h7-8H,1-6H3. The Morgan fingerprint density at radius 3 is 1.23 bits per heavy atom. The van der Waals surface area contributed by atoms with Crippen molar-refractivity contribution >= 4 is 38.8 Å². The van der Waals surface area contributed by atoms with Gasteiger partial charge in [-0.1, -0.05) is 0 Å². The Bertz CT molecular complexity index is 260. The fraction of sp³-hybridized carbons (Fsp3) is 0.600. The van der Waals surface area contributed by atoms with Crippen molar-refractivity contribution < 1.29 is 0 Å². The van der Waals surface area contributed by atoms with Crippen LogP contribution in [-0.4, -0.2) is 30.7 Å². The van der Waals surface area contributed by atoms with Gasteiger partial charge >= 0.3 is 90.2 Å². The molecule has 0 saturated heterocycles. The van der Waals surface area contributed by atoms with Crippen molar-refractivity contribution in [3.63, 3.8) is 0 Å². The third-order valence-electron chi connectivity index (χ3n) is 2.08. The topological polar surface area (TPSA) is 0 Å². The minimum absolute atomic E-state index is 0.717. The second-order valence-corrected chi connectivity index (χ2v) is 19.6. The van der Waals surface area contributed by atoms with Crippen LogP contribution in [0.1, 0.15) is 0 Å². The monoisotopic (exact) mass is 276 g/mol. The van der Waals surface area contributed by atoms with E-state index in [1.807, 2.05) is 0 Å². The van der Waals surface area contributed by atoms with Gasteiger partial charge in [0.15, 0.2) is 0 Å². The molecular weight excluding hydrogens is 255 g/mol. The molecule has 74 valence electrons. The Labute approximate surface area is 90.1 Å². The van der Waals surface area contributed by atoms with Gasteiger partial charge in [0.05, 0.1) is 0 Å². The summed E-state index contributed by atoms with van der Waals surface area (Å²) >= 11 is 0.717. The molecule has 0 spiro atoms. The molecule has 0 bridgehead atoms. The van der Waals surface area contributed by atoms with Crippen LogP contribution in [0.4, 0.5) is 0 Å². The van der Waals surface area contributed by atoms with Crippen molar-refractivity contribution in [3.8, 4) is 0 Å². The van der Waals surface area contributed by atoms with Crippen LogP contribution >= 0.6 is 0 Å². The van der Waals surface area contributed by atoms with E-state index in [0.29, 0.717) is 0 Å². The minimum atomic E-state index is -0.986. The van der Waals surface area contributed by atoms with E-state index in [4.69, 9.17) is 0 Å². The first kappa shape index (κ1) is 11.5. The second-order valence-electron chi connectivity index (χ2n) is 5.66. The van der Waals surface area contributed by atoms with Gasteiger partial charge in [0.1, 0.15) is 0 Å². The molecule has 3 heteroatoms. The summed E-state index contributed by atoms with van der Waals surface area (Å²) in [4.78, 5) is 0. The average Bonchev–Trinajstić information content (AvgIpc) is 2.28. The zero-order valence-electron chi connectivity index (χ0n) is 9.56. The predicted octanol–water partition coefficient (Wildman–Crippen LogP) is 1.83. The molecule has 1 heterocycles. The molecule has 0 unspecified atom stereocenters. The Morgan fingerprint density at radius 1 is 0.769 bits per heavy atom. The first-order chi connectivity index (χ1) is 5.71. The Kier molecular flexibility index (Phi) is 3.13. The predicted molar refractivity (Wildman–Crippen MR) is 69.3 cm³/mol. The average molecular weight is 275 g/mol. The molecule has 13 heavy (non-hydrogen) atoms. The fourth-order valence-corrected chi connectivity index (χ4v) is 9.52. The Balaban J connectivity index is 3.01. The van der Waals surface area contributed by atoms with Gasteiger partial charge in [-0.3, -0.25) is 0 Å². The van der Waals surface area contributed by atoms with E-state index >= 15 is 0 Å². The summed E-state index contributed by atoms with van der Waals surface area (Å²) < 4.78 is 3.61. The van der Waals surface area contributed by atoms with Crippen molar-refractivity contribution in [1.82, 2.24) is 0 Å². The molecule has 1 aromatic rings. The van der Waals surface area contributed by atoms with Gasteiger partial charge in [-0.2, -0.15) is 0 Å². The third kappa shape index (κ3) is 2.95. The number of hydrogen-bond acceptors (Lipinski definition) is 0. The molecular formula is C10H20SeSi2. The molecule has 0 atom stereocenters. The van der Waals surface area contributed by atoms with Crippen LogP contribution in [0.25, 0.3) is 0 Å². The summed E-state index contributed by atoms with van der Waals surface area (Å²) in [6.07, 6.45) is 0. The summed E-state index contributed by atoms with van der Waals surface area (Å²) in [7, 11) is -1.97. The first-order valence-corrected chi connectivity index (χ1v) is 13.5. The summed E-state index contributed by atoms with van der Waals surface area (Å²) in [5.41, 5.74) is 0. The van der Waals surface area contributed by atoms with Crippen LogP contribution in [0.3, 0.4) is 0 Å². The van der Waals surface area contributed by atoms with E-state index in [1.165, 1.54) is 0 Å². The normalized spacial score (nSPS) is 13.4. The molecule has 0 aliphatic heterocycles. The van der Waals surface area contributed by atoms with E-state index in [2.05, 4.69) is 51.4 Å². The SMILES string of the molecule is C[Si](C)(C)c1ccc([Si](C)(C)C)[se]1. The van der Waals surface area contributed by atoms with Gasteiger partial charge in [0.2, 0.25) is 0 Å². The van der Waals surface area contributed by atoms with Crippen molar-refractivity contribution in [3.05, 3.63) is 12.1 Å². The maximum absolute atomic E-state index is 2.46. The molecule has 1 rings (SSSR count).